The molecule has 1 saturated heterocycles. The van der Waals surface area contributed by atoms with Crippen molar-refractivity contribution in [2.24, 2.45) is 0 Å². The van der Waals surface area contributed by atoms with Crippen LogP contribution < -0.4 is 10.2 Å². The summed E-state index contributed by atoms with van der Waals surface area (Å²) in [6, 6.07) is 21.0. The number of pyridine rings is 1. The zero-order chi connectivity index (χ0) is 24.0. The molecule has 5 rings (SSSR count). The molecule has 0 spiro atoms. The highest BCUT2D eigenvalue weighted by atomic mass is 35.5. The highest BCUT2D eigenvalue weighted by Gasteiger charge is 2.43. The molecule has 2 unspecified atom stereocenters. The quantitative estimate of drug-likeness (QED) is 0.328. The van der Waals surface area contributed by atoms with Crippen molar-refractivity contribution in [1.29, 1.82) is 0 Å². The Hall–Kier alpha value is -3.35. The molecular weight excluding hydrogens is 464 g/mol. The lowest BCUT2D eigenvalue weighted by Gasteiger charge is -2.29. The number of nitrogens with zero attached hydrogens (tertiary/aromatic N) is 3. The minimum absolute atomic E-state index is 0.118. The summed E-state index contributed by atoms with van der Waals surface area (Å²) in [5, 5.41) is 15.3. The minimum atomic E-state index is -0.240. The van der Waals surface area contributed by atoms with E-state index in [9.17, 15) is 5.11 Å². The zero-order valence-corrected chi connectivity index (χ0v) is 20.7. The molecule has 2 N–H and O–H groups in total. The normalized spacial score (nSPS) is 17.8. The van der Waals surface area contributed by atoms with Gasteiger partial charge >= 0.3 is 0 Å². The van der Waals surface area contributed by atoms with Crippen LogP contribution in [0.3, 0.4) is 0 Å². The van der Waals surface area contributed by atoms with E-state index in [0.29, 0.717) is 15.8 Å². The van der Waals surface area contributed by atoms with Crippen molar-refractivity contribution in [3.05, 3.63) is 106 Å². The van der Waals surface area contributed by atoms with Gasteiger partial charge < -0.3 is 19.9 Å². The summed E-state index contributed by atoms with van der Waals surface area (Å²) >= 11 is 12.1. The Balaban J connectivity index is 1.72. The van der Waals surface area contributed by atoms with Crippen LogP contribution in [0, 0.1) is 20.8 Å². The highest BCUT2D eigenvalue weighted by molar-refractivity contribution is 7.80. The molecule has 0 bridgehead atoms. The summed E-state index contributed by atoms with van der Waals surface area (Å²) in [5.41, 5.74) is 7.10. The lowest BCUT2D eigenvalue weighted by molar-refractivity contribution is 0.472. The Labute approximate surface area is 209 Å². The zero-order valence-electron chi connectivity index (χ0n) is 19.2. The van der Waals surface area contributed by atoms with Gasteiger partial charge in [0, 0.05) is 28.3 Å². The highest BCUT2D eigenvalue weighted by Crippen LogP contribution is 2.46. The number of aromatic nitrogens is 2. The van der Waals surface area contributed by atoms with E-state index in [1.54, 1.807) is 24.4 Å². The van der Waals surface area contributed by atoms with Gasteiger partial charge in [-0.25, -0.2) is 0 Å². The predicted octanol–water partition coefficient (Wildman–Crippen LogP) is 6.33. The fourth-order valence-electron chi connectivity index (χ4n) is 4.89. The number of hydrogen-bond donors (Lipinski definition) is 2. The largest absolute Gasteiger partial charge is 0.506 e. The SMILES string of the molecule is Cc1ccccc1-n1c(C)cc(C2C(c3ccccn3)NC(=S)N2c2cc(Cl)ccc2O)c1C. The molecule has 4 aromatic rings. The molecule has 1 aliphatic rings. The van der Waals surface area contributed by atoms with Crippen LogP contribution in [-0.2, 0) is 0 Å². The summed E-state index contributed by atoms with van der Waals surface area (Å²) in [6.45, 7) is 6.36. The van der Waals surface area contributed by atoms with Crippen LogP contribution in [-0.4, -0.2) is 19.8 Å². The number of aromatic hydroxyl groups is 1. The van der Waals surface area contributed by atoms with Crippen molar-refractivity contribution in [3.63, 3.8) is 0 Å². The van der Waals surface area contributed by atoms with Crippen molar-refractivity contribution in [2.45, 2.75) is 32.9 Å². The van der Waals surface area contributed by atoms with Crippen LogP contribution in [0.25, 0.3) is 5.69 Å². The van der Waals surface area contributed by atoms with Crippen molar-refractivity contribution in [3.8, 4) is 11.4 Å². The maximum absolute atomic E-state index is 10.8. The molecule has 2 aromatic heterocycles. The van der Waals surface area contributed by atoms with E-state index >= 15 is 0 Å². The Bertz CT molecular complexity index is 1380. The van der Waals surface area contributed by atoms with Crippen molar-refractivity contribution in [1.82, 2.24) is 14.9 Å². The summed E-state index contributed by atoms with van der Waals surface area (Å²) < 4.78 is 2.28. The summed E-state index contributed by atoms with van der Waals surface area (Å²) in [4.78, 5) is 6.58. The third-order valence-corrected chi connectivity index (χ3v) is 6.99. The van der Waals surface area contributed by atoms with Gasteiger partial charge in [0.05, 0.1) is 23.5 Å². The maximum atomic E-state index is 10.8. The van der Waals surface area contributed by atoms with Gasteiger partial charge in [-0.3, -0.25) is 4.98 Å². The number of anilines is 1. The van der Waals surface area contributed by atoms with E-state index in [1.807, 2.05) is 29.2 Å². The average molecular weight is 489 g/mol. The number of thiocarbonyl (C=S) groups is 1. The smallest absolute Gasteiger partial charge is 0.174 e. The van der Waals surface area contributed by atoms with E-state index in [4.69, 9.17) is 23.8 Å². The Kier molecular flexibility index (Phi) is 5.80. The molecule has 2 atom stereocenters. The molecule has 34 heavy (non-hydrogen) atoms. The molecule has 0 amide bonds. The Morgan fingerprint density at radius 3 is 2.47 bits per heavy atom. The van der Waals surface area contributed by atoms with E-state index in [-0.39, 0.29) is 17.8 Å². The minimum Gasteiger partial charge on any atom is -0.506 e. The van der Waals surface area contributed by atoms with Gasteiger partial charge in [0.1, 0.15) is 5.75 Å². The molecule has 172 valence electrons. The monoisotopic (exact) mass is 488 g/mol. The number of nitrogens with one attached hydrogen (secondary N) is 1. The summed E-state index contributed by atoms with van der Waals surface area (Å²) in [5.74, 6) is 0.118. The van der Waals surface area contributed by atoms with Crippen molar-refractivity contribution >= 4 is 34.6 Å². The van der Waals surface area contributed by atoms with Crippen LogP contribution in [0.5, 0.6) is 5.75 Å². The number of para-hydroxylation sites is 1. The number of hydrogen-bond acceptors (Lipinski definition) is 3. The molecule has 2 aromatic carbocycles. The molecule has 1 aliphatic heterocycles. The molecule has 7 heteroatoms. The fraction of sp³-hybridized carbons (Fsp3) is 0.185. The molecule has 0 aliphatic carbocycles. The van der Waals surface area contributed by atoms with Gasteiger partial charge in [0.2, 0.25) is 0 Å². The third kappa shape index (κ3) is 3.73. The first-order valence-corrected chi connectivity index (χ1v) is 11.9. The Morgan fingerprint density at radius 1 is 0.971 bits per heavy atom. The molecule has 0 saturated carbocycles. The standard InChI is InChI=1S/C27H25ClN4OS/c1-16-8-4-5-10-22(16)31-17(2)14-20(18(31)3)26-25(21-9-6-7-13-29-21)30-27(34)32(26)23-15-19(28)11-12-24(23)33/h4-15,25-26,33H,1-3H3,(H,30,34). The molecule has 0 radical (unpaired) electrons. The van der Waals surface area contributed by atoms with E-state index in [2.05, 4.69) is 59.9 Å². The van der Waals surface area contributed by atoms with E-state index in [1.165, 1.54) is 5.56 Å². The number of halogens is 1. The second-order valence-corrected chi connectivity index (χ2v) is 9.40. The van der Waals surface area contributed by atoms with Crippen LogP contribution in [0.2, 0.25) is 5.02 Å². The number of benzene rings is 2. The third-order valence-electron chi connectivity index (χ3n) is 6.44. The van der Waals surface area contributed by atoms with E-state index < -0.39 is 0 Å². The van der Waals surface area contributed by atoms with Gasteiger partial charge in [-0.05, 0) is 86.6 Å². The summed E-state index contributed by atoms with van der Waals surface area (Å²) in [6.07, 6.45) is 1.78. The average Bonchev–Trinajstić information content (AvgIpc) is 3.32. The van der Waals surface area contributed by atoms with Gasteiger partial charge in [-0.1, -0.05) is 35.9 Å². The van der Waals surface area contributed by atoms with Crippen molar-refractivity contribution < 1.29 is 5.11 Å². The molecule has 5 nitrogen and oxygen atoms in total. The molecular formula is C27H25ClN4OS. The van der Waals surface area contributed by atoms with Crippen LogP contribution in [0.1, 0.15) is 40.3 Å². The van der Waals surface area contributed by atoms with Crippen LogP contribution in [0.15, 0.2) is 72.9 Å². The first kappa shape index (κ1) is 22.4. The predicted molar refractivity (Wildman–Crippen MR) is 141 cm³/mol. The van der Waals surface area contributed by atoms with Gasteiger partial charge in [-0.2, -0.15) is 0 Å². The lowest BCUT2D eigenvalue weighted by atomic mass is 9.96. The number of rotatable bonds is 4. The van der Waals surface area contributed by atoms with E-state index in [0.717, 1.165) is 28.3 Å². The topological polar surface area (TPSA) is 53.3 Å². The first-order chi connectivity index (χ1) is 16.4. The van der Waals surface area contributed by atoms with Crippen LogP contribution in [0.4, 0.5) is 5.69 Å². The second-order valence-electron chi connectivity index (χ2n) is 8.58. The number of aryl methyl sites for hydroxylation is 2. The van der Waals surface area contributed by atoms with Gasteiger partial charge in [0.15, 0.2) is 5.11 Å². The summed E-state index contributed by atoms with van der Waals surface area (Å²) in [7, 11) is 0. The number of phenols is 1. The Morgan fingerprint density at radius 2 is 1.74 bits per heavy atom. The lowest BCUT2D eigenvalue weighted by Crippen LogP contribution is -2.29. The van der Waals surface area contributed by atoms with Crippen molar-refractivity contribution in [2.75, 3.05) is 4.90 Å². The maximum Gasteiger partial charge on any atom is 0.174 e. The number of phenolic OH excluding ortho intramolecular Hbond substituents is 1. The second kappa shape index (κ2) is 8.78. The van der Waals surface area contributed by atoms with Gasteiger partial charge in [-0.15, -0.1) is 0 Å². The molecule has 3 heterocycles. The van der Waals surface area contributed by atoms with Gasteiger partial charge in [0.25, 0.3) is 0 Å². The fourth-order valence-corrected chi connectivity index (χ4v) is 5.40. The van der Waals surface area contributed by atoms with Crippen LogP contribution >= 0.6 is 23.8 Å². The first-order valence-electron chi connectivity index (χ1n) is 11.1. The molecule has 1 fully saturated rings.